The maximum absolute atomic E-state index is 11.8. The number of halogens is 1. The van der Waals surface area contributed by atoms with Crippen LogP contribution < -0.4 is 17.0 Å². The van der Waals surface area contributed by atoms with Crippen molar-refractivity contribution in [3.8, 4) is 0 Å². The van der Waals surface area contributed by atoms with Crippen molar-refractivity contribution in [2.75, 3.05) is 27.7 Å². The highest BCUT2D eigenvalue weighted by Gasteiger charge is 2.12. The molecular formula is C13H20BrNO. The van der Waals surface area contributed by atoms with Gasteiger partial charge in [0.15, 0.2) is 5.78 Å². The summed E-state index contributed by atoms with van der Waals surface area (Å²) in [5.41, 5.74) is 2.02. The van der Waals surface area contributed by atoms with Gasteiger partial charge in [-0.15, -0.1) is 0 Å². The zero-order chi connectivity index (χ0) is 11.5. The Bertz CT molecular complexity index is 338. The lowest BCUT2D eigenvalue weighted by molar-refractivity contribution is -0.869. The molecule has 0 spiro atoms. The summed E-state index contributed by atoms with van der Waals surface area (Å²) in [6.07, 6.45) is 0.618. The molecule has 0 saturated heterocycles. The van der Waals surface area contributed by atoms with Gasteiger partial charge in [0.2, 0.25) is 0 Å². The van der Waals surface area contributed by atoms with Crippen LogP contribution in [0.15, 0.2) is 24.3 Å². The molecule has 90 valence electrons. The molecule has 1 aromatic rings. The van der Waals surface area contributed by atoms with E-state index < -0.39 is 0 Å². The van der Waals surface area contributed by atoms with E-state index in [0.29, 0.717) is 6.42 Å². The number of hydrogen-bond donors (Lipinski definition) is 0. The zero-order valence-electron chi connectivity index (χ0n) is 10.5. The Balaban J connectivity index is 0.00000225. The normalized spacial score (nSPS) is 10.8. The van der Waals surface area contributed by atoms with Crippen molar-refractivity contribution in [3.63, 3.8) is 0 Å². The molecule has 0 aliphatic rings. The molecule has 0 unspecified atom stereocenters. The molecule has 2 nitrogen and oxygen atoms in total. The van der Waals surface area contributed by atoms with E-state index >= 15 is 0 Å². The Morgan fingerprint density at radius 2 is 1.62 bits per heavy atom. The molecule has 0 fully saturated rings. The van der Waals surface area contributed by atoms with Crippen molar-refractivity contribution in [2.24, 2.45) is 0 Å². The molecule has 0 saturated carbocycles. The van der Waals surface area contributed by atoms with Crippen molar-refractivity contribution in [3.05, 3.63) is 35.4 Å². The first kappa shape index (κ1) is 15.3. The molecule has 1 rings (SSSR count). The van der Waals surface area contributed by atoms with Crippen LogP contribution in [0.25, 0.3) is 0 Å². The summed E-state index contributed by atoms with van der Waals surface area (Å²) < 4.78 is 0.831. The third kappa shape index (κ3) is 5.42. The highest BCUT2D eigenvalue weighted by Crippen LogP contribution is 2.07. The number of carbonyl (C=O) groups excluding carboxylic acids is 1. The number of rotatable bonds is 4. The molecule has 0 atom stereocenters. The lowest BCUT2D eigenvalue weighted by Gasteiger charge is -2.23. The summed E-state index contributed by atoms with van der Waals surface area (Å²) in [6, 6.07) is 7.79. The van der Waals surface area contributed by atoms with E-state index in [2.05, 4.69) is 21.1 Å². The van der Waals surface area contributed by atoms with E-state index in [1.54, 1.807) is 0 Å². The van der Waals surface area contributed by atoms with Gasteiger partial charge in [-0.1, -0.05) is 29.8 Å². The first-order chi connectivity index (χ1) is 6.88. The monoisotopic (exact) mass is 285 g/mol. The summed E-state index contributed by atoms with van der Waals surface area (Å²) >= 11 is 0. The lowest BCUT2D eigenvalue weighted by atomic mass is 10.1. The summed E-state index contributed by atoms with van der Waals surface area (Å²) in [4.78, 5) is 11.8. The maximum Gasteiger partial charge on any atom is 0.168 e. The van der Waals surface area contributed by atoms with Crippen molar-refractivity contribution in [1.29, 1.82) is 0 Å². The summed E-state index contributed by atoms with van der Waals surface area (Å²) in [5, 5.41) is 0. The molecule has 0 heterocycles. The van der Waals surface area contributed by atoms with Crippen molar-refractivity contribution >= 4 is 5.78 Å². The number of benzene rings is 1. The predicted octanol–water partition coefficient (Wildman–Crippen LogP) is -0.722. The molecule has 0 N–H and O–H groups in total. The van der Waals surface area contributed by atoms with Gasteiger partial charge >= 0.3 is 0 Å². The Morgan fingerprint density at radius 1 is 1.12 bits per heavy atom. The molecule has 0 amide bonds. The Morgan fingerprint density at radius 3 is 2.06 bits per heavy atom. The molecule has 0 bridgehead atoms. The second kappa shape index (κ2) is 6.16. The minimum Gasteiger partial charge on any atom is -1.00 e. The van der Waals surface area contributed by atoms with Crippen LogP contribution >= 0.6 is 0 Å². The molecule has 0 aromatic heterocycles. The molecule has 1 aromatic carbocycles. The van der Waals surface area contributed by atoms with Crippen LogP contribution in [-0.2, 0) is 0 Å². The summed E-state index contributed by atoms with van der Waals surface area (Å²) in [7, 11) is 6.30. The first-order valence-electron chi connectivity index (χ1n) is 5.29. The molecule has 0 aliphatic carbocycles. The third-order valence-corrected chi connectivity index (χ3v) is 2.38. The fourth-order valence-electron chi connectivity index (χ4n) is 1.32. The van der Waals surface area contributed by atoms with Crippen molar-refractivity contribution < 1.29 is 26.3 Å². The smallest absolute Gasteiger partial charge is 0.168 e. The van der Waals surface area contributed by atoms with E-state index in [0.717, 1.165) is 16.6 Å². The van der Waals surface area contributed by atoms with Gasteiger partial charge in [0.1, 0.15) is 0 Å². The summed E-state index contributed by atoms with van der Waals surface area (Å²) in [6.45, 7) is 2.91. The number of ketones is 1. The average molecular weight is 286 g/mol. The van der Waals surface area contributed by atoms with E-state index in [9.17, 15) is 4.79 Å². The molecule has 16 heavy (non-hydrogen) atoms. The number of carbonyl (C=O) groups is 1. The van der Waals surface area contributed by atoms with Gasteiger partial charge < -0.3 is 21.5 Å². The second-order valence-corrected chi connectivity index (χ2v) is 5.05. The van der Waals surface area contributed by atoms with Crippen LogP contribution in [0.5, 0.6) is 0 Å². The van der Waals surface area contributed by atoms with Crippen molar-refractivity contribution in [1.82, 2.24) is 0 Å². The maximum atomic E-state index is 11.8. The number of aryl methyl sites for hydroxylation is 1. The minimum absolute atomic E-state index is 0. The van der Waals surface area contributed by atoms with E-state index in [1.807, 2.05) is 31.2 Å². The van der Waals surface area contributed by atoms with Gasteiger partial charge in [0.25, 0.3) is 0 Å². The topological polar surface area (TPSA) is 17.1 Å². The number of nitrogens with zero attached hydrogens (tertiary/aromatic N) is 1. The highest BCUT2D eigenvalue weighted by atomic mass is 79.9. The predicted molar refractivity (Wildman–Crippen MR) is 63.0 cm³/mol. The zero-order valence-corrected chi connectivity index (χ0v) is 12.0. The fourth-order valence-corrected chi connectivity index (χ4v) is 1.32. The van der Waals surface area contributed by atoms with Gasteiger partial charge in [-0.05, 0) is 6.92 Å². The standard InChI is InChI=1S/C13H20NO.BrH/c1-11-5-7-12(8-6-11)13(15)9-10-14(2,3)4;/h5-8H,9-10H2,1-4H3;1H/q+1;/p-1. The first-order valence-corrected chi connectivity index (χ1v) is 5.29. The van der Waals surface area contributed by atoms with Crippen molar-refractivity contribution in [2.45, 2.75) is 13.3 Å². The van der Waals surface area contributed by atoms with Crippen LogP contribution in [0.1, 0.15) is 22.3 Å². The van der Waals surface area contributed by atoms with Crippen LogP contribution in [0.2, 0.25) is 0 Å². The Hall–Kier alpha value is -0.670. The third-order valence-electron chi connectivity index (χ3n) is 2.38. The SMILES string of the molecule is Cc1ccc(C(=O)CC[N+](C)(C)C)cc1.[Br-]. The quantitative estimate of drug-likeness (QED) is 0.527. The van der Waals surface area contributed by atoms with Crippen LogP contribution in [0.4, 0.5) is 0 Å². The Kier molecular flexibility index (Phi) is 5.90. The van der Waals surface area contributed by atoms with Gasteiger partial charge in [-0.25, -0.2) is 0 Å². The number of Topliss-reactive ketones (excluding diaryl/α,β-unsaturated/α-hetero) is 1. The fraction of sp³-hybridized carbons (Fsp3) is 0.462. The number of quaternary nitrogens is 1. The van der Waals surface area contributed by atoms with Crippen LogP contribution in [0.3, 0.4) is 0 Å². The second-order valence-electron chi connectivity index (χ2n) is 5.05. The molecule has 0 radical (unpaired) electrons. The van der Waals surface area contributed by atoms with Gasteiger partial charge in [0.05, 0.1) is 34.1 Å². The van der Waals surface area contributed by atoms with E-state index in [1.165, 1.54) is 5.56 Å². The Labute approximate surface area is 109 Å². The summed E-state index contributed by atoms with van der Waals surface area (Å²) in [5.74, 6) is 0.239. The van der Waals surface area contributed by atoms with Gasteiger partial charge in [-0.3, -0.25) is 4.79 Å². The largest absolute Gasteiger partial charge is 1.00 e. The number of hydrogen-bond acceptors (Lipinski definition) is 1. The lowest BCUT2D eigenvalue weighted by Crippen LogP contribution is -3.00. The van der Waals surface area contributed by atoms with Crippen LogP contribution in [-0.4, -0.2) is 38.0 Å². The van der Waals surface area contributed by atoms with E-state index in [4.69, 9.17) is 0 Å². The molecule has 3 heteroatoms. The average Bonchev–Trinajstić information content (AvgIpc) is 2.14. The van der Waals surface area contributed by atoms with E-state index in [-0.39, 0.29) is 22.8 Å². The molecule has 0 aliphatic heterocycles. The minimum atomic E-state index is 0. The van der Waals surface area contributed by atoms with Gasteiger partial charge in [-0.2, -0.15) is 0 Å². The van der Waals surface area contributed by atoms with Crippen LogP contribution in [0, 0.1) is 6.92 Å². The molecular weight excluding hydrogens is 266 g/mol. The highest BCUT2D eigenvalue weighted by molar-refractivity contribution is 5.96. The van der Waals surface area contributed by atoms with Gasteiger partial charge in [0, 0.05) is 5.56 Å².